The lowest BCUT2D eigenvalue weighted by Crippen LogP contribution is -2.24. The van der Waals surface area contributed by atoms with Gasteiger partial charge < -0.3 is 9.64 Å². The van der Waals surface area contributed by atoms with Crippen molar-refractivity contribution in [3.63, 3.8) is 0 Å². The number of esters is 1. The maximum Gasteiger partial charge on any atom is 0.305 e. The Morgan fingerprint density at radius 1 is 1.12 bits per heavy atom. The molecule has 0 rings (SSSR count). The molecule has 0 atom stereocenters. The highest BCUT2D eigenvalue weighted by Crippen LogP contribution is 2.00. The van der Waals surface area contributed by atoms with Gasteiger partial charge in [-0.15, -0.1) is 0 Å². The molecule has 17 heavy (non-hydrogen) atoms. The molecule has 0 aliphatic heterocycles. The van der Waals surface area contributed by atoms with Crippen LogP contribution in [0.25, 0.3) is 0 Å². The highest BCUT2D eigenvalue weighted by molar-refractivity contribution is 7.80. The summed E-state index contributed by atoms with van der Waals surface area (Å²) in [6, 6.07) is 0. The predicted molar refractivity (Wildman–Crippen MR) is 77.8 cm³/mol. The quantitative estimate of drug-likeness (QED) is 0.415. The summed E-state index contributed by atoms with van der Waals surface area (Å²) < 4.78 is 4.85. The van der Waals surface area contributed by atoms with E-state index in [0.29, 0.717) is 13.0 Å². The van der Waals surface area contributed by atoms with Crippen LogP contribution < -0.4 is 0 Å². The lowest BCUT2D eigenvalue weighted by molar-refractivity contribution is -0.143. The smallest absolute Gasteiger partial charge is 0.305 e. The Balaban J connectivity index is 0. The molecule has 3 nitrogen and oxygen atoms in total. The molecular weight excluding hydrogens is 234 g/mol. The van der Waals surface area contributed by atoms with Crippen LogP contribution in [-0.2, 0) is 9.53 Å². The molecule has 0 aromatic rings. The summed E-state index contributed by atoms with van der Waals surface area (Å²) in [5.74, 6) is 0.882. The van der Waals surface area contributed by atoms with Crippen LogP contribution >= 0.6 is 12.6 Å². The number of carbonyl (C=O) groups is 1. The van der Waals surface area contributed by atoms with Crippen molar-refractivity contribution in [1.82, 2.24) is 4.90 Å². The van der Waals surface area contributed by atoms with Gasteiger partial charge in [-0.25, -0.2) is 0 Å². The van der Waals surface area contributed by atoms with Gasteiger partial charge in [0, 0.05) is 6.42 Å². The summed E-state index contributed by atoms with van der Waals surface area (Å²) in [7, 11) is 0. The van der Waals surface area contributed by atoms with Crippen LogP contribution in [0.4, 0.5) is 0 Å². The first kappa shape index (κ1) is 19.1. The van der Waals surface area contributed by atoms with Gasteiger partial charge in [0.1, 0.15) is 0 Å². The Morgan fingerprint density at radius 2 is 1.65 bits per heavy atom. The number of thiol groups is 1. The van der Waals surface area contributed by atoms with Crippen LogP contribution in [-0.4, -0.2) is 42.9 Å². The number of hydrogen-bond acceptors (Lipinski definition) is 4. The van der Waals surface area contributed by atoms with Crippen molar-refractivity contribution in [1.29, 1.82) is 0 Å². The third-order valence-electron chi connectivity index (χ3n) is 2.30. The average molecular weight is 263 g/mol. The van der Waals surface area contributed by atoms with Crippen molar-refractivity contribution in [2.45, 2.75) is 47.0 Å². The predicted octanol–water partition coefficient (Wildman–Crippen LogP) is 3.00. The van der Waals surface area contributed by atoms with Gasteiger partial charge in [0.15, 0.2) is 0 Å². The highest BCUT2D eigenvalue weighted by Gasteiger charge is 2.02. The molecule has 4 heteroatoms. The minimum Gasteiger partial charge on any atom is -0.466 e. The van der Waals surface area contributed by atoms with E-state index in [2.05, 4.69) is 31.4 Å². The molecular formula is C13H29NO2S. The zero-order valence-electron chi connectivity index (χ0n) is 11.9. The zero-order chi connectivity index (χ0) is 13.5. The van der Waals surface area contributed by atoms with Crippen LogP contribution in [0.1, 0.15) is 47.0 Å². The number of ether oxygens (including phenoxy) is 1. The van der Waals surface area contributed by atoms with Gasteiger partial charge in [0.25, 0.3) is 0 Å². The first-order valence-corrected chi connectivity index (χ1v) is 7.28. The fraction of sp³-hybridized carbons (Fsp3) is 0.923. The molecule has 104 valence electrons. The van der Waals surface area contributed by atoms with Gasteiger partial charge in [0.05, 0.1) is 6.61 Å². The maximum atomic E-state index is 11.0. The van der Waals surface area contributed by atoms with Crippen molar-refractivity contribution < 1.29 is 9.53 Å². The third kappa shape index (κ3) is 15.8. The molecule has 0 heterocycles. The number of unbranched alkanes of at least 4 members (excludes halogenated alkanes) is 1. The topological polar surface area (TPSA) is 29.5 Å². The summed E-state index contributed by atoms with van der Waals surface area (Å²) in [6.07, 6.45) is 2.59. The van der Waals surface area contributed by atoms with E-state index in [1.54, 1.807) is 0 Å². The number of rotatable bonds is 8. The van der Waals surface area contributed by atoms with Crippen LogP contribution in [0, 0.1) is 0 Å². The van der Waals surface area contributed by atoms with E-state index in [9.17, 15) is 4.79 Å². The molecule has 0 unspecified atom stereocenters. The molecule has 0 aromatic carbocycles. The van der Waals surface area contributed by atoms with E-state index in [0.717, 1.165) is 38.2 Å². The normalized spacial score (nSPS) is 9.76. The Kier molecular flexibility index (Phi) is 17.8. The first-order valence-electron chi connectivity index (χ1n) is 6.64. The molecule has 0 amide bonds. The molecule has 0 bridgehead atoms. The third-order valence-corrected chi connectivity index (χ3v) is 2.30. The Morgan fingerprint density at radius 3 is 2.06 bits per heavy atom. The average Bonchev–Trinajstić information content (AvgIpc) is 2.31. The van der Waals surface area contributed by atoms with Gasteiger partial charge in [0.2, 0.25) is 0 Å². The lowest BCUT2D eigenvalue weighted by Gasteiger charge is -2.17. The van der Waals surface area contributed by atoms with Crippen LogP contribution in [0.3, 0.4) is 0 Å². The van der Waals surface area contributed by atoms with Crippen molar-refractivity contribution in [2.75, 3.05) is 32.0 Å². The van der Waals surface area contributed by atoms with E-state index in [4.69, 9.17) is 4.74 Å². The fourth-order valence-corrected chi connectivity index (χ4v) is 1.38. The van der Waals surface area contributed by atoms with E-state index >= 15 is 0 Å². The van der Waals surface area contributed by atoms with Gasteiger partial charge in [-0.2, -0.15) is 12.6 Å². The molecule has 0 saturated carbocycles. The number of hydrogen-bond donors (Lipinski definition) is 1. The van der Waals surface area contributed by atoms with Gasteiger partial charge in [-0.1, -0.05) is 20.8 Å². The van der Waals surface area contributed by atoms with Crippen LogP contribution in [0.5, 0.6) is 0 Å². The van der Waals surface area contributed by atoms with Gasteiger partial charge in [-0.3, -0.25) is 4.79 Å². The second-order valence-electron chi connectivity index (χ2n) is 3.61. The summed E-state index contributed by atoms with van der Waals surface area (Å²) in [5.41, 5.74) is 0. The maximum absolute atomic E-state index is 11.0. The van der Waals surface area contributed by atoms with E-state index in [1.807, 2.05) is 13.8 Å². The van der Waals surface area contributed by atoms with Crippen LogP contribution in [0.15, 0.2) is 0 Å². The molecule has 0 aliphatic rings. The molecule has 0 aliphatic carbocycles. The number of carbonyl (C=O) groups excluding carboxylic acids is 1. The molecule has 0 saturated heterocycles. The molecule has 0 fully saturated rings. The molecule has 0 aromatic heterocycles. The zero-order valence-corrected chi connectivity index (χ0v) is 12.8. The lowest BCUT2D eigenvalue weighted by atomic mass is 10.2. The van der Waals surface area contributed by atoms with Crippen LogP contribution in [0.2, 0.25) is 0 Å². The first-order chi connectivity index (χ1) is 8.15. The van der Waals surface area contributed by atoms with Crippen molar-refractivity contribution in [2.24, 2.45) is 0 Å². The summed E-state index contributed by atoms with van der Waals surface area (Å²) in [6.45, 7) is 11.9. The van der Waals surface area contributed by atoms with E-state index < -0.39 is 0 Å². The monoisotopic (exact) mass is 263 g/mol. The number of nitrogens with zero attached hydrogens (tertiary/aromatic N) is 1. The van der Waals surface area contributed by atoms with Crippen molar-refractivity contribution in [3.05, 3.63) is 0 Å². The van der Waals surface area contributed by atoms with Gasteiger partial charge >= 0.3 is 5.97 Å². The molecule has 0 N–H and O–H groups in total. The second-order valence-corrected chi connectivity index (χ2v) is 4.24. The standard InChI is InChI=1S/C11H23NO2.C2H6S/c1-4-12(5-2)10-8-7-9-11(13)14-6-3;1-2-3/h4-10H2,1-3H3;3H,2H2,1H3. The van der Waals surface area contributed by atoms with Gasteiger partial charge in [-0.05, 0) is 45.2 Å². The summed E-state index contributed by atoms with van der Waals surface area (Å²) in [4.78, 5) is 13.4. The minimum absolute atomic E-state index is 0.0629. The second kappa shape index (κ2) is 15.8. The largest absolute Gasteiger partial charge is 0.466 e. The van der Waals surface area contributed by atoms with Crippen molar-refractivity contribution >= 4 is 18.6 Å². The highest BCUT2D eigenvalue weighted by atomic mass is 32.1. The molecule has 0 radical (unpaired) electrons. The Bertz CT molecular complexity index is 161. The van der Waals surface area contributed by atoms with E-state index in [1.165, 1.54) is 0 Å². The SMILES string of the molecule is CCOC(=O)CCCCN(CC)CC.CCS. The fourth-order valence-electron chi connectivity index (χ4n) is 1.38. The Hall–Kier alpha value is -0.220. The van der Waals surface area contributed by atoms with Crippen molar-refractivity contribution in [3.8, 4) is 0 Å². The van der Waals surface area contributed by atoms with E-state index in [-0.39, 0.29) is 5.97 Å². The molecule has 0 spiro atoms. The minimum atomic E-state index is -0.0629. The Labute approximate surface area is 112 Å². The summed E-state index contributed by atoms with van der Waals surface area (Å²) in [5, 5.41) is 0. The summed E-state index contributed by atoms with van der Waals surface area (Å²) >= 11 is 3.79.